The molecule has 0 saturated heterocycles. The summed E-state index contributed by atoms with van der Waals surface area (Å²) in [6.45, 7) is 0.359. The third-order valence-corrected chi connectivity index (χ3v) is 5.32. The molecule has 0 aromatic heterocycles. The fraction of sp³-hybridized carbons (Fsp3) is 0.333. The molecule has 5 nitrogen and oxygen atoms in total. The molecule has 26 heavy (non-hydrogen) atoms. The Labute approximate surface area is 152 Å². The summed E-state index contributed by atoms with van der Waals surface area (Å²) in [5.74, 6) is -1.19. The molecule has 134 valence electrons. The van der Waals surface area contributed by atoms with Crippen LogP contribution in [0.1, 0.15) is 29.9 Å². The molecule has 0 radical (unpaired) electrons. The highest BCUT2D eigenvalue weighted by Gasteiger charge is 2.36. The third-order valence-electron chi connectivity index (χ3n) is 5.32. The van der Waals surface area contributed by atoms with Gasteiger partial charge in [-0.05, 0) is 41.0 Å². The number of ether oxygens (including phenoxy) is 1. The normalized spacial score (nSPS) is 16.5. The summed E-state index contributed by atoms with van der Waals surface area (Å²) in [5, 5.41) is 11.8. The van der Waals surface area contributed by atoms with Gasteiger partial charge in [0.25, 0.3) is 0 Å². The van der Waals surface area contributed by atoms with E-state index in [1.165, 1.54) is 11.1 Å². The number of hydrogen-bond donors (Lipinski definition) is 2. The summed E-state index contributed by atoms with van der Waals surface area (Å²) in [5.41, 5.74) is 4.67. The van der Waals surface area contributed by atoms with Gasteiger partial charge in [0.1, 0.15) is 6.61 Å². The average molecular weight is 351 g/mol. The maximum absolute atomic E-state index is 12.1. The van der Waals surface area contributed by atoms with E-state index in [1.807, 2.05) is 24.3 Å². The van der Waals surface area contributed by atoms with Crippen LogP contribution in [0.25, 0.3) is 11.1 Å². The predicted molar refractivity (Wildman–Crippen MR) is 96.9 cm³/mol. The number of carboxylic acids is 1. The van der Waals surface area contributed by atoms with Crippen molar-refractivity contribution in [1.82, 2.24) is 5.32 Å². The Morgan fingerprint density at radius 2 is 1.62 bits per heavy atom. The summed E-state index contributed by atoms with van der Waals surface area (Å²) in [4.78, 5) is 23.3. The van der Waals surface area contributed by atoms with Crippen LogP contribution < -0.4 is 5.32 Å². The van der Waals surface area contributed by atoms with Crippen LogP contribution in [0.4, 0.5) is 4.79 Å². The Hall–Kier alpha value is -2.82. The molecule has 1 unspecified atom stereocenters. The summed E-state index contributed by atoms with van der Waals surface area (Å²) in [7, 11) is 0. The Kier molecular flexibility index (Phi) is 4.37. The summed E-state index contributed by atoms with van der Waals surface area (Å²) in [6.07, 6.45) is 1.28. The first-order valence-electron chi connectivity index (χ1n) is 8.97. The molecule has 2 aromatic rings. The first-order chi connectivity index (χ1) is 12.6. The second kappa shape index (κ2) is 6.83. The minimum atomic E-state index is -0.855. The highest BCUT2D eigenvalue weighted by Crippen LogP contribution is 2.44. The molecule has 1 fully saturated rings. The van der Waals surface area contributed by atoms with E-state index in [9.17, 15) is 14.7 Å². The number of fused-ring (bicyclic) bond motifs is 3. The molecule has 0 heterocycles. The molecule has 1 amide bonds. The zero-order valence-electron chi connectivity index (χ0n) is 14.4. The van der Waals surface area contributed by atoms with Crippen LogP contribution in [0.3, 0.4) is 0 Å². The lowest BCUT2D eigenvalue weighted by Crippen LogP contribution is -2.35. The van der Waals surface area contributed by atoms with Gasteiger partial charge in [0.05, 0.1) is 5.92 Å². The maximum atomic E-state index is 12.1. The summed E-state index contributed by atoms with van der Waals surface area (Å²) in [6, 6.07) is 16.3. The van der Waals surface area contributed by atoms with E-state index >= 15 is 0 Å². The van der Waals surface area contributed by atoms with Gasteiger partial charge >= 0.3 is 12.1 Å². The number of amides is 1. The van der Waals surface area contributed by atoms with Crippen molar-refractivity contribution in [2.75, 3.05) is 13.2 Å². The van der Waals surface area contributed by atoms with Crippen molar-refractivity contribution in [3.63, 3.8) is 0 Å². The van der Waals surface area contributed by atoms with Gasteiger partial charge in [0.2, 0.25) is 0 Å². The highest BCUT2D eigenvalue weighted by atomic mass is 16.5. The number of nitrogens with one attached hydrogen (secondary N) is 1. The average Bonchev–Trinajstić information content (AvgIpc) is 3.42. The largest absolute Gasteiger partial charge is 0.481 e. The lowest BCUT2D eigenvalue weighted by Gasteiger charge is -2.16. The van der Waals surface area contributed by atoms with Gasteiger partial charge in [0, 0.05) is 12.5 Å². The van der Waals surface area contributed by atoms with Gasteiger partial charge in [-0.1, -0.05) is 48.5 Å². The number of benzene rings is 2. The molecule has 1 saturated carbocycles. The highest BCUT2D eigenvalue weighted by molar-refractivity contribution is 5.79. The van der Waals surface area contributed by atoms with Crippen molar-refractivity contribution in [2.24, 2.45) is 11.8 Å². The first-order valence-corrected chi connectivity index (χ1v) is 8.97. The molecular formula is C21H21NO4. The van der Waals surface area contributed by atoms with Crippen molar-refractivity contribution in [2.45, 2.75) is 18.8 Å². The monoisotopic (exact) mass is 351 g/mol. The minimum Gasteiger partial charge on any atom is -0.481 e. The Balaban J connectivity index is 1.40. The number of rotatable bonds is 6. The fourth-order valence-electron chi connectivity index (χ4n) is 3.80. The lowest BCUT2D eigenvalue weighted by atomic mass is 9.98. The van der Waals surface area contributed by atoms with E-state index in [1.54, 1.807) is 0 Å². The van der Waals surface area contributed by atoms with Crippen LogP contribution in [0, 0.1) is 11.8 Å². The molecule has 2 aliphatic carbocycles. The van der Waals surface area contributed by atoms with Crippen LogP contribution >= 0.6 is 0 Å². The van der Waals surface area contributed by atoms with Crippen molar-refractivity contribution >= 4 is 12.1 Å². The second-order valence-corrected chi connectivity index (χ2v) is 6.99. The Morgan fingerprint density at radius 1 is 1.04 bits per heavy atom. The molecule has 5 heteroatoms. The van der Waals surface area contributed by atoms with Crippen molar-refractivity contribution in [3.8, 4) is 11.1 Å². The van der Waals surface area contributed by atoms with E-state index in [2.05, 4.69) is 29.6 Å². The Morgan fingerprint density at radius 3 is 2.15 bits per heavy atom. The van der Waals surface area contributed by atoms with Crippen LogP contribution in [0.2, 0.25) is 0 Å². The van der Waals surface area contributed by atoms with Crippen LogP contribution in [-0.4, -0.2) is 30.3 Å². The summed E-state index contributed by atoms with van der Waals surface area (Å²) >= 11 is 0. The topological polar surface area (TPSA) is 75.6 Å². The van der Waals surface area contributed by atoms with Crippen molar-refractivity contribution in [3.05, 3.63) is 59.7 Å². The Bertz CT molecular complexity index is 798. The van der Waals surface area contributed by atoms with Gasteiger partial charge in [0.15, 0.2) is 0 Å². The maximum Gasteiger partial charge on any atom is 0.407 e. The minimum absolute atomic E-state index is 0.00635. The van der Waals surface area contributed by atoms with E-state index in [0.717, 1.165) is 24.0 Å². The predicted octanol–water partition coefficient (Wildman–Crippen LogP) is 3.64. The molecule has 2 aromatic carbocycles. The molecule has 0 bridgehead atoms. The molecule has 1 atom stereocenters. The second-order valence-electron chi connectivity index (χ2n) is 6.99. The third kappa shape index (κ3) is 3.17. The quantitative estimate of drug-likeness (QED) is 0.833. The zero-order valence-corrected chi connectivity index (χ0v) is 14.4. The van der Waals surface area contributed by atoms with Crippen molar-refractivity contribution in [1.29, 1.82) is 0 Å². The van der Waals surface area contributed by atoms with Crippen LogP contribution in [0.5, 0.6) is 0 Å². The van der Waals surface area contributed by atoms with Gasteiger partial charge in [-0.2, -0.15) is 0 Å². The SMILES string of the molecule is O=C(NCC(C(=O)O)C1CC1)OCC1c2ccccc2-c2ccccc21. The molecule has 2 N–H and O–H groups in total. The number of alkyl carbamates (subject to hydrolysis) is 1. The molecule has 2 aliphatic rings. The van der Waals surface area contributed by atoms with Gasteiger partial charge in [-0.3, -0.25) is 4.79 Å². The van der Waals surface area contributed by atoms with Gasteiger partial charge in [-0.25, -0.2) is 4.79 Å². The van der Waals surface area contributed by atoms with E-state index in [4.69, 9.17) is 4.74 Å². The van der Waals surface area contributed by atoms with E-state index in [0.29, 0.717) is 0 Å². The smallest absolute Gasteiger partial charge is 0.407 e. The molecule has 4 rings (SSSR count). The zero-order chi connectivity index (χ0) is 18.1. The number of aliphatic carboxylic acids is 1. The number of hydrogen-bond acceptors (Lipinski definition) is 3. The van der Waals surface area contributed by atoms with Gasteiger partial charge in [-0.15, -0.1) is 0 Å². The van der Waals surface area contributed by atoms with E-state index < -0.39 is 18.0 Å². The van der Waals surface area contributed by atoms with Crippen LogP contribution in [-0.2, 0) is 9.53 Å². The first kappa shape index (κ1) is 16.6. The number of carboxylic acid groups (broad SMARTS) is 1. The number of carbonyl (C=O) groups is 2. The van der Waals surface area contributed by atoms with Crippen molar-refractivity contribution < 1.29 is 19.4 Å². The van der Waals surface area contributed by atoms with Crippen LogP contribution in [0.15, 0.2) is 48.5 Å². The number of carbonyl (C=O) groups excluding carboxylic acids is 1. The molecule has 0 aliphatic heterocycles. The lowest BCUT2D eigenvalue weighted by molar-refractivity contribution is -0.142. The summed E-state index contributed by atoms with van der Waals surface area (Å²) < 4.78 is 5.43. The van der Waals surface area contributed by atoms with Gasteiger partial charge < -0.3 is 15.2 Å². The fourth-order valence-corrected chi connectivity index (χ4v) is 3.80. The van der Waals surface area contributed by atoms with E-state index in [-0.39, 0.29) is 25.0 Å². The standard InChI is InChI=1S/C21H21NO4/c23-20(24)18(13-9-10-13)11-22-21(25)26-12-19-16-7-3-1-5-14(16)15-6-2-4-8-17(15)19/h1-8,13,18-19H,9-12H2,(H,22,25)(H,23,24). The molecule has 0 spiro atoms. The molecular weight excluding hydrogens is 330 g/mol.